The normalized spacial score (nSPS) is 11.5. The van der Waals surface area contributed by atoms with E-state index in [4.69, 9.17) is 0 Å². The Morgan fingerprint density at radius 1 is 1.17 bits per heavy atom. The molecule has 0 saturated carbocycles. The predicted octanol–water partition coefficient (Wildman–Crippen LogP) is 2.16. The van der Waals surface area contributed by atoms with Gasteiger partial charge < -0.3 is 14.0 Å². The monoisotopic (exact) mass is 330 g/mol. The number of alkyl halides is 3. The number of carbonyl (C=O) groups is 2. The highest BCUT2D eigenvalue weighted by Crippen LogP contribution is 2.31. The van der Waals surface area contributed by atoms with Crippen LogP contribution in [0.3, 0.4) is 0 Å². The van der Waals surface area contributed by atoms with Gasteiger partial charge in [0.1, 0.15) is 6.54 Å². The second kappa shape index (κ2) is 6.67. The first-order valence-electron chi connectivity index (χ1n) is 6.66. The topological polar surface area (TPSA) is 70.4 Å². The number of para-hydroxylation sites is 2. The molecule has 0 aliphatic rings. The van der Waals surface area contributed by atoms with Crippen molar-refractivity contribution in [3.8, 4) is 0 Å². The van der Waals surface area contributed by atoms with Crippen LogP contribution in [-0.2, 0) is 31.8 Å². The SMILES string of the molecule is CCOC(=O)COC(=O)Cn1c(C(F)(F)F)nc2ccccc21. The second-order valence-corrected chi connectivity index (χ2v) is 4.47. The summed E-state index contributed by atoms with van der Waals surface area (Å²) in [4.78, 5) is 26.3. The third-order valence-electron chi connectivity index (χ3n) is 2.85. The minimum atomic E-state index is -4.72. The van der Waals surface area contributed by atoms with Crippen LogP contribution in [0.25, 0.3) is 11.0 Å². The summed E-state index contributed by atoms with van der Waals surface area (Å²) in [6.45, 7) is 0.323. The zero-order valence-corrected chi connectivity index (χ0v) is 12.1. The van der Waals surface area contributed by atoms with Crippen LogP contribution in [0.5, 0.6) is 0 Å². The molecule has 0 radical (unpaired) electrons. The molecule has 0 fully saturated rings. The Morgan fingerprint density at radius 3 is 2.52 bits per heavy atom. The maximum absolute atomic E-state index is 13.0. The lowest BCUT2D eigenvalue weighted by molar-refractivity contribution is -0.160. The van der Waals surface area contributed by atoms with E-state index in [0.29, 0.717) is 4.57 Å². The third kappa shape index (κ3) is 3.99. The van der Waals surface area contributed by atoms with Gasteiger partial charge in [-0.15, -0.1) is 0 Å². The van der Waals surface area contributed by atoms with Crippen molar-refractivity contribution in [2.75, 3.05) is 13.2 Å². The number of halogens is 3. The Labute approximate surface area is 128 Å². The predicted molar refractivity (Wildman–Crippen MR) is 72.3 cm³/mol. The summed E-state index contributed by atoms with van der Waals surface area (Å²) in [7, 11) is 0. The summed E-state index contributed by atoms with van der Waals surface area (Å²) in [5.41, 5.74) is 0.255. The van der Waals surface area contributed by atoms with Gasteiger partial charge in [-0.05, 0) is 19.1 Å². The number of aromatic nitrogens is 2. The van der Waals surface area contributed by atoms with Crippen LogP contribution in [0.2, 0.25) is 0 Å². The molecule has 0 spiro atoms. The first kappa shape index (κ1) is 16.8. The Kier molecular flexibility index (Phi) is 4.87. The minimum Gasteiger partial charge on any atom is -0.463 e. The highest BCUT2D eigenvalue weighted by Gasteiger charge is 2.38. The van der Waals surface area contributed by atoms with Gasteiger partial charge >= 0.3 is 18.1 Å². The molecular formula is C14H13F3N2O4. The van der Waals surface area contributed by atoms with E-state index in [1.54, 1.807) is 13.0 Å². The summed E-state index contributed by atoms with van der Waals surface area (Å²) in [5, 5.41) is 0. The van der Waals surface area contributed by atoms with Gasteiger partial charge in [0.15, 0.2) is 6.61 Å². The van der Waals surface area contributed by atoms with Gasteiger partial charge in [-0.1, -0.05) is 12.1 Å². The number of benzene rings is 1. The van der Waals surface area contributed by atoms with Crippen LogP contribution in [0.1, 0.15) is 12.7 Å². The van der Waals surface area contributed by atoms with E-state index in [2.05, 4.69) is 14.5 Å². The molecule has 0 bridgehead atoms. The number of rotatable bonds is 5. The molecule has 1 aromatic heterocycles. The lowest BCUT2D eigenvalue weighted by atomic mass is 10.3. The molecule has 124 valence electrons. The zero-order chi connectivity index (χ0) is 17.0. The Hall–Kier alpha value is -2.58. The van der Waals surface area contributed by atoms with Crippen molar-refractivity contribution in [2.45, 2.75) is 19.6 Å². The highest BCUT2D eigenvalue weighted by molar-refractivity contribution is 5.80. The van der Waals surface area contributed by atoms with Gasteiger partial charge in [0.05, 0.1) is 17.6 Å². The van der Waals surface area contributed by atoms with Crippen molar-refractivity contribution in [1.29, 1.82) is 0 Å². The standard InChI is InChI=1S/C14H13F3N2O4/c1-2-22-12(21)8-23-11(20)7-19-10-6-4-3-5-9(10)18-13(19)14(15,16)17/h3-6H,2,7-8H2,1H3. The molecule has 1 heterocycles. The summed E-state index contributed by atoms with van der Waals surface area (Å²) in [5.74, 6) is -2.97. The molecule has 2 rings (SSSR count). The molecule has 0 unspecified atom stereocenters. The molecule has 2 aromatic rings. The maximum atomic E-state index is 13.0. The fourth-order valence-corrected chi connectivity index (χ4v) is 1.97. The average Bonchev–Trinajstić information content (AvgIpc) is 2.85. The first-order chi connectivity index (χ1) is 10.8. The van der Waals surface area contributed by atoms with Gasteiger partial charge in [0, 0.05) is 0 Å². The molecule has 6 nitrogen and oxygen atoms in total. The molecule has 23 heavy (non-hydrogen) atoms. The minimum absolute atomic E-state index is 0.109. The first-order valence-corrected chi connectivity index (χ1v) is 6.66. The quantitative estimate of drug-likeness (QED) is 0.786. The number of carbonyl (C=O) groups excluding carboxylic acids is 2. The molecular weight excluding hydrogens is 317 g/mol. The summed E-state index contributed by atoms with van der Waals surface area (Å²) < 4.78 is 49.0. The number of fused-ring (bicyclic) bond motifs is 1. The number of hydrogen-bond donors (Lipinski definition) is 0. The van der Waals surface area contributed by atoms with E-state index in [1.165, 1.54) is 18.2 Å². The third-order valence-corrected chi connectivity index (χ3v) is 2.85. The van der Waals surface area contributed by atoms with Crippen molar-refractivity contribution in [3.63, 3.8) is 0 Å². The van der Waals surface area contributed by atoms with E-state index >= 15 is 0 Å². The maximum Gasteiger partial charge on any atom is 0.449 e. The molecule has 1 aromatic carbocycles. The summed E-state index contributed by atoms with van der Waals surface area (Å²) >= 11 is 0. The average molecular weight is 330 g/mol. The van der Waals surface area contributed by atoms with Crippen LogP contribution in [0, 0.1) is 0 Å². The van der Waals surface area contributed by atoms with Crippen LogP contribution in [-0.4, -0.2) is 34.7 Å². The van der Waals surface area contributed by atoms with Crippen molar-refractivity contribution in [3.05, 3.63) is 30.1 Å². The molecule has 0 amide bonds. The van der Waals surface area contributed by atoms with E-state index in [9.17, 15) is 22.8 Å². The largest absolute Gasteiger partial charge is 0.463 e. The Bertz CT molecular complexity index is 724. The number of hydrogen-bond acceptors (Lipinski definition) is 5. The lowest BCUT2D eigenvalue weighted by Gasteiger charge is -2.11. The van der Waals surface area contributed by atoms with Crippen molar-refractivity contribution in [2.24, 2.45) is 0 Å². The molecule has 0 aliphatic heterocycles. The van der Waals surface area contributed by atoms with Crippen molar-refractivity contribution in [1.82, 2.24) is 9.55 Å². The van der Waals surface area contributed by atoms with Crippen molar-refractivity contribution >= 4 is 23.0 Å². The molecule has 0 N–H and O–H groups in total. The number of ether oxygens (including phenoxy) is 2. The smallest absolute Gasteiger partial charge is 0.449 e. The summed E-state index contributed by atoms with van der Waals surface area (Å²) in [6, 6.07) is 5.89. The molecule has 0 saturated heterocycles. The lowest BCUT2D eigenvalue weighted by Crippen LogP contribution is -2.23. The molecule has 0 aliphatic carbocycles. The highest BCUT2D eigenvalue weighted by atomic mass is 19.4. The van der Waals surface area contributed by atoms with Crippen LogP contribution < -0.4 is 0 Å². The molecule has 0 atom stereocenters. The zero-order valence-electron chi connectivity index (χ0n) is 12.1. The van der Waals surface area contributed by atoms with Crippen LogP contribution in [0.4, 0.5) is 13.2 Å². The van der Waals surface area contributed by atoms with Gasteiger partial charge in [-0.3, -0.25) is 4.79 Å². The van der Waals surface area contributed by atoms with E-state index in [-0.39, 0.29) is 17.6 Å². The number of esters is 2. The van der Waals surface area contributed by atoms with E-state index in [1.807, 2.05) is 0 Å². The molecule has 9 heteroatoms. The van der Waals surface area contributed by atoms with Gasteiger partial charge in [-0.2, -0.15) is 13.2 Å². The van der Waals surface area contributed by atoms with Gasteiger partial charge in [0.2, 0.25) is 5.82 Å². The van der Waals surface area contributed by atoms with Gasteiger partial charge in [0.25, 0.3) is 0 Å². The Balaban J connectivity index is 2.21. The van der Waals surface area contributed by atoms with Crippen molar-refractivity contribution < 1.29 is 32.2 Å². The van der Waals surface area contributed by atoms with E-state index < -0.39 is 37.1 Å². The fraction of sp³-hybridized carbons (Fsp3) is 0.357. The van der Waals surface area contributed by atoms with Gasteiger partial charge in [-0.25, -0.2) is 9.78 Å². The number of imidazole rings is 1. The number of nitrogens with zero attached hydrogens (tertiary/aromatic N) is 2. The fourth-order valence-electron chi connectivity index (χ4n) is 1.97. The Morgan fingerprint density at radius 2 is 1.87 bits per heavy atom. The summed E-state index contributed by atoms with van der Waals surface area (Å²) in [6.07, 6.45) is -4.72. The van der Waals surface area contributed by atoms with E-state index in [0.717, 1.165) is 0 Å². The van der Waals surface area contributed by atoms with Crippen LogP contribution >= 0.6 is 0 Å². The van der Waals surface area contributed by atoms with Crippen LogP contribution in [0.15, 0.2) is 24.3 Å². The second-order valence-electron chi connectivity index (χ2n) is 4.47.